The van der Waals surface area contributed by atoms with E-state index in [1.807, 2.05) is 0 Å². The van der Waals surface area contributed by atoms with E-state index < -0.39 is 11.7 Å². The first-order valence-corrected chi connectivity index (χ1v) is 13.8. The molecule has 190 valence electrons. The van der Waals surface area contributed by atoms with Gasteiger partial charge in [-0.25, -0.2) is 5.53 Å². The maximum atomic E-state index is 12.9. The molecule has 0 heterocycles. The molecule has 0 aliphatic carbocycles. The fourth-order valence-corrected chi connectivity index (χ4v) is 4.87. The molecule has 0 saturated carbocycles. The van der Waals surface area contributed by atoms with Gasteiger partial charge in [0.25, 0.3) is 0 Å². The molecule has 0 aromatic heterocycles. The van der Waals surface area contributed by atoms with Crippen molar-refractivity contribution in [2.45, 2.75) is 101 Å². The third-order valence-electron chi connectivity index (χ3n) is 5.90. The number of hydrogen-bond acceptors (Lipinski definition) is 4. The normalized spacial score (nSPS) is 12.8. The Kier molecular flexibility index (Phi) is 16.0. The van der Waals surface area contributed by atoms with Crippen molar-refractivity contribution < 1.29 is 13.2 Å². The van der Waals surface area contributed by atoms with Gasteiger partial charge < -0.3 is 5.32 Å². The topological polar surface area (TPSA) is 51.5 Å². The van der Waals surface area contributed by atoms with Crippen LogP contribution in [-0.4, -0.2) is 28.6 Å². The van der Waals surface area contributed by atoms with Crippen LogP contribution in [0.3, 0.4) is 0 Å². The molecule has 0 radical (unpaired) electrons. The number of anilines is 1. The first-order valence-electron chi connectivity index (χ1n) is 12.5. The van der Waals surface area contributed by atoms with E-state index in [9.17, 15) is 13.2 Å². The Morgan fingerprint density at radius 1 is 0.939 bits per heavy atom. The highest BCUT2D eigenvalue weighted by Crippen LogP contribution is 2.35. The molecule has 0 aliphatic rings. The molecule has 33 heavy (non-hydrogen) atoms. The van der Waals surface area contributed by atoms with E-state index >= 15 is 0 Å². The molecule has 1 atom stereocenters. The number of unbranched alkanes of at least 4 members (excludes halogenated alkanes) is 9. The van der Waals surface area contributed by atoms with Crippen molar-refractivity contribution in [2.24, 2.45) is 5.11 Å². The van der Waals surface area contributed by atoms with Gasteiger partial charge in [0.15, 0.2) is 0 Å². The number of nitrogens with zero attached hydrogens (tertiary/aromatic N) is 2. The zero-order valence-electron chi connectivity index (χ0n) is 20.3. The lowest BCUT2D eigenvalue weighted by molar-refractivity contribution is -0.137. The number of hydrogen-bond donors (Lipinski definition) is 2. The summed E-state index contributed by atoms with van der Waals surface area (Å²) >= 11 is 2.55. The third-order valence-corrected chi connectivity index (χ3v) is 7.31. The van der Waals surface area contributed by atoms with E-state index in [1.54, 1.807) is 0 Å². The number of benzene rings is 1. The van der Waals surface area contributed by atoms with Crippen LogP contribution in [-0.2, 0) is 6.18 Å². The molecule has 2 N–H and O–H groups in total. The van der Waals surface area contributed by atoms with Gasteiger partial charge in [0.1, 0.15) is 5.69 Å². The average molecular weight is 583 g/mol. The van der Waals surface area contributed by atoms with Crippen LogP contribution < -0.4 is 5.32 Å². The zero-order valence-corrected chi connectivity index (χ0v) is 22.5. The average Bonchev–Trinajstić information content (AvgIpc) is 2.79. The SMILES string of the molecule is CCCCCCCCN(CCNc1ccc(C(F)(F)F)cc1N=N)C(I)CCCCCCC. The Hall–Kier alpha value is -0.900. The number of rotatable bonds is 19. The van der Waals surface area contributed by atoms with Crippen molar-refractivity contribution in [1.82, 2.24) is 4.90 Å². The number of alkyl halides is 4. The Morgan fingerprint density at radius 2 is 1.55 bits per heavy atom. The first kappa shape index (κ1) is 30.1. The smallest absolute Gasteiger partial charge is 0.382 e. The van der Waals surface area contributed by atoms with Gasteiger partial charge in [-0.15, -0.1) is 0 Å². The second-order valence-corrected chi connectivity index (χ2v) is 10.1. The van der Waals surface area contributed by atoms with Crippen LogP contribution in [0.15, 0.2) is 23.3 Å². The Morgan fingerprint density at radius 3 is 2.15 bits per heavy atom. The summed E-state index contributed by atoms with van der Waals surface area (Å²) in [5, 5.41) is 6.50. The van der Waals surface area contributed by atoms with Crippen molar-refractivity contribution in [1.29, 1.82) is 5.53 Å². The second kappa shape index (κ2) is 17.5. The molecule has 1 rings (SSSR count). The van der Waals surface area contributed by atoms with E-state index in [4.69, 9.17) is 5.53 Å². The molecule has 0 fully saturated rings. The lowest BCUT2D eigenvalue weighted by Crippen LogP contribution is -2.36. The minimum atomic E-state index is -4.43. The Balaban J connectivity index is 2.61. The summed E-state index contributed by atoms with van der Waals surface area (Å²) in [7, 11) is 0. The van der Waals surface area contributed by atoms with Gasteiger partial charge in [-0.2, -0.15) is 18.3 Å². The van der Waals surface area contributed by atoms with Crippen molar-refractivity contribution in [3.63, 3.8) is 0 Å². The van der Waals surface area contributed by atoms with E-state index in [-0.39, 0.29) is 5.69 Å². The fourth-order valence-electron chi connectivity index (χ4n) is 3.87. The minimum absolute atomic E-state index is 0.0225. The van der Waals surface area contributed by atoms with Crippen LogP contribution in [0.5, 0.6) is 0 Å². The zero-order chi connectivity index (χ0) is 24.5. The van der Waals surface area contributed by atoms with Gasteiger partial charge in [0.05, 0.1) is 15.3 Å². The summed E-state index contributed by atoms with van der Waals surface area (Å²) in [5.74, 6) is 0. The van der Waals surface area contributed by atoms with Crippen LogP contribution >= 0.6 is 22.6 Å². The molecule has 1 aromatic carbocycles. The summed E-state index contributed by atoms with van der Waals surface area (Å²) in [6.07, 6.45) is 10.6. The van der Waals surface area contributed by atoms with E-state index in [0.717, 1.165) is 31.6 Å². The highest BCUT2D eigenvalue weighted by molar-refractivity contribution is 14.1. The first-order chi connectivity index (χ1) is 15.8. The van der Waals surface area contributed by atoms with Gasteiger partial charge in [0.2, 0.25) is 0 Å². The minimum Gasteiger partial charge on any atom is -0.382 e. The maximum absolute atomic E-state index is 12.9. The summed E-state index contributed by atoms with van der Waals surface area (Å²) in [4.78, 5) is 2.49. The summed E-state index contributed by atoms with van der Waals surface area (Å²) in [6, 6.07) is 3.35. The lowest BCUT2D eigenvalue weighted by Gasteiger charge is -2.28. The standard InChI is InChI=1S/C25H42F3IN4/c1-3-5-7-9-11-13-18-33(24(29)14-12-10-8-6-4-2)19-17-31-22-16-15-21(25(26,27)28)20-23(22)32-30/h15-16,20,24,30-31H,3-14,17-19H2,1-2H3. The molecule has 0 spiro atoms. The second-order valence-electron chi connectivity index (χ2n) is 8.71. The van der Waals surface area contributed by atoms with E-state index in [1.165, 1.54) is 76.7 Å². The summed E-state index contributed by atoms with van der Waals surface area (Å²) in [5.41, 5.74) is 6.98. The van der Waals surface area contributed by atoms with Crippen LogP contribution in [0, 0.1) is 5.53 Å². The molecule has 4 nitrogen and oxygen atoms in total. The van der Waals surface area contributed by atoms with Gasteiger partial charge in [-0.05, 0) is 37.6 Å². The van der Waals surface area contributed by atoms with Gasteiger partial charge >= 0.3 is 6.18 Å². The number of nitrogens with one attached hydrogen (secondary N) is 2. The fraction of sp³-hybridized carbons (Fsp3) is 0.760. The third kappa shape index (κ3) is 12.9. The highest BCUT2D eigenvalue weighted by atomic mass is 127. The molecule has 0 saturated heterocycles. The summed E-state index contributed by atoms with van der Waals surface area (Å²) in [6.45, 7) is 6.92. The Bertz CT molecular complexity index is 655. The highest BCUT2D eigenvalue weighted by Gasteiger charge is 2.31. The summed E-state index contributed by atoms with van der Waals surface area (Å²) < 4.78 is 39.3. The van der Waals surface area contributed by atoms with Crippen molar-refractivity contribution in [3.8, 4) is 0 Å². The predicted octanol–water partition coefficient (Wildman–Crippen LogP) is 9.56. The molecular formula is C25H42F3IN4. The maximum Gasteiger partial charge on any atom is 0.416 e. The van der Waals surface area contributed by atoms with E-state index in [2.05, 4.69) is 51.8 Å². The van der Waals surface area contributed by atoms with Crippen LogP contribution in [0.1, 0.15) is 96.5 Å². The molecular weight excluding hydrogens is 540 g/mol. The molecule has 1 unspecified atom stereocenters. The van der Waals surface area contributed by atoms with Crippen molar-refractivity contribution in [2.75, 3.05) is 25.0 Å². The molecule has 0 bridgehead atoms. The van der Waals surface area contributed by atoms with Gasteiger partial charge in [-0.1, -0.05) is 101 Å². The van der Waals surface area contributed by atoms with Crippen LogP contribution in [0.4, 0.5) is 24.5 Å². The monoisotopic (exact) mass is 582 g/mol. The quantitative estimate of drug-likeness (QED) is 0.0561. The number of halogens is 4. The van der Waals surface area contributed by atoms with Crippen molar-refractivity contribution in [3.05, 3.63) is 23.8 Å². The predicted molar refractivity (Wildman–Crippen MR) is 141 cm³/mol. The molecule has 8 heteroatoms. The van der Waals surface area contributed by atoms with E-state index in [0.29, 0.717) is 16.3 Å². The molecule has 0 aliphatic heterocycles. The largest absolute Gasteiger partial charge is 0.416 e. The molecule has 1 aromatic rings. The van der Waals surface area contributed by atoms with Crippen molar-refractivity contribution >= 4 is 34.0 Å². The Labute approximate surface area is 212 Å². The molecule has 0 amide bonds. The van der Waals surface area contributed by atoms with Gasteiger partial charge in [-0.3, -0.25) is 4.90 Å². The van der Waals surface area contributed by atoms with Gasteiger partial charge in [0, 0.05) is 13.1 Å². The lowest BCUT2D eigenvalue weighted by atomic mass is 10.1. The van der Waals surface area contributed by atoms with Crippen LogP contribution in [0.25, 0.3) is 0 Å². The van der Waals surface area contributed by atoms with Crippen LogP contribution in [0.2, 0.25) is 0 Å².